The molecule has 1 fully saturated rings. The molecule has 1 aliphatic rings. The molecule has 4 nitrogen and oxygen atoms in total. The van der Waals surface area contributed by atoms with Gasteiger partial charge in [-0.05, 0) is 18.4 Å². The van der Waals surface area contributed by atoms with E-state index >= 15 is 0 Å². The summed E-state index contributed by atoms with van der Waals surface area (Å²) in [6.07, 6.45) is 2.99. The first-order valence-corrected chi connectivity index (χ1v) is 6.97. The summed E-state index contributed by atoms with van der Waals surface area (Å²) in [7, 11) is 0. The number of nitrogens with one attached hydrogen (secondary N) is 1. The van der Waals surface area contributed by atoms with E-state index in [0.717, 1.165) is 31.2 Å². The highest BCUT2D eigenvalue weighted by Gasteiger charge is 2.36. The molecule has 4 heteroatoms. The van der Waals surface area contributed by atoms with Gasteiger partial charge in [-0.3, -0.25) is 0 Å². The van der Waals surface area contributed by atoms with Crippen molar-refractivity contribution in [2.45, 2.75) is 50.8 Å². The van der Waals surface area contributed by atoms with E-state index < -0.39 is 0 Å². The van der Waals surface area contributed by atoms with Crippen LogP contribution in [0.25, 0.3) is 4.85 Å². The smallest absolute Gasteiger partial charge is 0.407 e. The Bertz CT molecular complexity index is 485. The number of carbonyl (C=O) groups excluding carboxylic acids is 1. The van der Waals surface area contributed by atoms with Crippen LogP contribution in [0.1, 0.15) is 38.2 Å². The van der Waals surface area contributed by atoms with Gasteiger partial charge >= 0.3 is 6.09 Å². The van der Waals surface area contributed by atoms with E-state index in [2.05, 4.69) is 10.2 Å². The Morgan fingerprint density at radius 2 is 2.05 bits per heavy atom. The number of amides is 1. The van der Waals surface area contributed by atoms with Crippen LogP contribution in [0.4, 0.5) is 4.79 Å². The maximum absolute atomic E-state index is 11.7. The van der Waals surface area contributed by atoms with Crippen molar-refractivity contribution < 1.29 is 9.53 Å². The Hall–Kier alpha value is -2.02. The lowest BCUT2D eigenvalue weighted by molar-refractivity contribution is 0.131. The molecule has 20 heavy (non-hydrogen) atoms. The van der Waals surface area contributed by atoms with Gasteiger partial charge in [-0.25, -0.2) is 11.4 Å². The highest BCUT2D eigenvalue weighted by atomic mass is 16.5. The Morgan fingerprint density at radius 1 is 1.40 bits per heavy atom. The van der Waals surface area contributed by atoms with Crippen molar-refractivity contribution in [3.8, 4) is 0 Å². The molecule has 0 bridgehead atoms. The number of nitrogens with zero attached hydrogens (tertiary/aromatic N) is 1. The molecule has 0 spiro atoms. The molecule has 1 amide bonds. The predicted molar refractivity (Wildman–Crippen MR) is 77.0 cm³/mol. The van der Waals surface area contributed by atoms with Crippen LogP contribution in [-0.2, 0) is 11.3 Å². The van der Waals surface area contributed by atoms with Gasteiger partial charge in [0.1, 0.15) is 6.61 Å². The van der Waals surface area contributed by atoms with Crippen molar-refractivity contribution >= 4 is 6.09 Å². The topological polar surface area (TPSA) is 42.7 Å². The lowest BCUT2D eigenvalue weighted by atomic mass is 9.81. The highest BCUT2D eigenvalue weighted by Crippen LogP contribution is 2.31. The minimum Gasteiger partial charge on any atom is -0.445 e. The summed E-state index contributed by atoms with van der Waals surface area (Å²) in [5.74, 6) is 0. The number of hydrogen-bond donors (Lipinski definition) is 1. The number of alkyl carbamates (subject to hydrolysis) is 1. The zero-order valence-corrected chi connectivity index (χ0v) is 11.8. The zero-order valence-electron chi connectivity index (χ0n) is 11.8. The maximum atomic E-state index is 11.7. The fourth-order valence-electron chi connectivity index (χ4n) is 2.43. The first-order chi connectivity index (χ1) is 9.61. The van der Waals surface area contributed by atoms with E-state index in [1.165, 1.54) is 0 Å². The zero-order chi connectivity index (χ0) is 14.4. The Labute approximate surface area is 120 Å². The Morgan fingerprint density at radius 3 is 2.65 bits per heavy atom. The molecule has 0 aromatic heterocycles. The largest absolute Gasteiger partial charge is 0.445 e. The first kappa shape index (κ1) is 14.4. The average Bonchev–Trinajstić information content (AvgIpc) is 2.49. The van der Waals surface area contributed by atoms with Gasteiger partial charge in [0.25, 0.3) is 0 Å². The summed E-state index contributed by atoms with van der Waals surface area (Å²) in [5.41, 5.74) is 0.735. The normalized spacial score (nSPS) is 25.5. The van der Waals surface area contributed by atoms with Gasteiger partial charge in [0.15, 0.2) is 0 Å². The Balaban J connectivity index is 1.72. The van der Waals surface area contributed by atoms with E-state index in [-0.39, 0.29) is 17.7 Å². The van der Waals surface area contributed by atoms with Crippen molar-refractivity contribution in [3.63, 3.8) is 0 Å². The van der Waals surface area contributed by atoms with E-state index in [0.29, 0.717) is 6.61 Å². The number of hydrogen-bond acceptors (Lipinski definition) is 2. The summed E-state index contributed by atoms with van der Waals surface area (Å²) in [4.78, 5) is 15.4. The minimum absolute atomic E-state index is 0.132. The van der Waals surface area contributed by atoms with Crippen molar-refractivity contribution in [2.75, 3.05) is 0 Å². The van der Waals surface area contributed by atoms with Crippen LogP contribution in [0.2, 0.25) is 0 Å². The van der Waals surface area contributed by atoms with Gasteiger partial charge in [-0.1, -0.05) is 30.3 Å². The second kappa shape index (κ2) is 6.42. The molecule has 1 saturated carbocycles. The van der Waals surface area contributed by atoms with Crippen molar-refractivity contribution in [2.24, 2.45) is 0 Å². The third-order valence-corrected chi connectivity index (χ3v) is 3.87. The predicted octanol–water partition coefficient (Wildman–Crippen LogP) is 3.53. The summed E-state index contributed by atoms with van der Waals surface area (Å²) in [6, 6.07) is 9.75. The molecule has 0 heterocycles. The standard InChI is InChI=1S/C16H20N2O2/c1-16(17-2)10-8-14(9-11-16)18-15(19)20-12-13-6-4-3-5-7-13/h3-7,14H,8-12H2,1H3,(H,18,19). The van der Waals surface area contributed by atoms with E-state index in [1.54, 1.807) is 0 Å². The van der Waals surface area contributed by atoms with Gasteiger partial charge in [0.2, 0.25) is 5.54 Å². The molecule has 1 aromatic carbocycles. The van der Waals surface area contributed by atoms with Gasteiger partial charge in [0, 0.05) is 25.8 Å². The second-order valence-electron chi connectivity index (χ2n) is 5.59. The van der Waals surface area contributed by atoms with Gasteiger partial charge < -0.3 is 14.9 Å². The molecule has 0 radical (unpaired) electrons. The number of ether oxygens (including phenoxy) is 1. The fourth-order valence-corrected chi connectivity index (χ4v) is 2.43. The van der Waals surface area contributed by atoms with Crippen molar-refractivity contribution in [3.05, 3.63) is 47.3 Å². The van der Waals surface area contributed by atoms with E-state index in [1.807, 2.05) is 37.3 Å². The van der Waals surface area contributed by atoms with Crippen LogP contribution < -0.4 is 5.32 Å². The van der Waals surface area contributed by atoms with Gasteiger partial charge in [0.05, 0.1) is 0 Å². The summed E-state index contributed by atoms with van der Waals surface area (Å²) in [5, 5.41) is 2.89. The van der Waals surface area contributed by atoms with Crippen molar-refractivity contribution in [1.82, 2.24) is 5.32 Å². The van der Waals surface area contributed by atoms with Crippen LogP contribution in [-0.4, -0.2) is 17.7 Å². The monoisotopic (exact) mass is 272 g/mol. The molecule has 1 N–H and O–H groups in total. The van der Waals surface area contributed by atoms with Gasteiger partial charge in [-0.2, -0.15) is 0 Å². The molecule has 1 aliphatic carbocycles. The second-order valence-corrected chi connectivity index (χ2v) is 5.59. The third kappa shape index (κ3) is 3.99. The van der Waals surface area contributed by atoms with Gasteiger partial charge in [-0.15, -0.1) is 0 Å². The molecule has 106 valence electrons. The molecule has 1 aromatic rings. The number of benzene rings is 1. The quantitative estimate of drug-likeness (QED) is 0.855. The lowest BCUT2D eigenvalue weighted by Crippen LogP contribution is -2.41. The minimum atomic E-state index is -0.370. The van der Waals surface area contributed by atoms with E-state index in [4.69, 9.17) is 11.3 Å². The average molecular weight is 272 g/mol. The van der Waals surface area contributed by atoms with Crippen LogP contribution in [0.15, 0.2) is 30.3 Å². The molecule has 0 saturated heterocycles. The van der Waals surface area contributed by atoms with Crippen LogP contribution >= 0.6 is 0 Å². The highest BCUT2D eigenvalue weighted by molar-refractivity contribution is 5.67. The molecule has 0 unspecified atom stereocenters. The molecule has 2 rings (SSSR count). The van der Waals surface area contributed by atoms with Crippen LogP contribution in [0, 0.1) is 6.57 Å². The third-order valence-electron chi connectivity index (χ3n) is 3.87. The van der Waals surface area contributed by atoms with E-state index in [9.17, 15) is 4.79 Å². The summed E-state index contributed by atoms with van der Waals surface area (Å²) >= 11 is 0. The molecule has 0 aliphatic heterocycles. The van der Waals surface area contributed by atoms with Crippen LogP contribution in [0.5, 0.6) is 0 Å². The summed E-state index contributed by atoms with van der Waals surface area (Å²) < 4.78 is 5.20. The molecular weight excluding hydrogens is 252 g/mol. The van der Waals surface area contributed by atoms with Crippen molar-refractivity contribution in [1.29, 1.82) is 0 Å². The lowest BCUT2D eigenvalue weighted by Gasteiger charge is -2.28. The number of rotatable bonds is 3. The fraction of sp³-hybridized carbons (Fsp3) is 0.500. The number of carbonyl (C=O) groups is 1. The molecular formula is C16H20N2O2. The molecule has 0 atom stereocenters. The first-order valence-electron chi connectivity index (χ1n) is 6.97. The maximum Gasteiger partial charge on any atom is 0.407 e. The Kier molecular flexibility index (Phi) is 4.62. The van der Waals surface area contributed by atoms with Crippen LogP contribution in [0.3, 0.4) is 0 Å². The summed E-state index contributed by atoms with van der Waals surface area (Å²) in [6.45, 7) is 9.46. The SMILES string of the molecule is [C-]#[N+]C1(C)CCC(NC(=O)OCc2ccccc2)CC1.